The molecule has 24 heavy (non-hydrogen) atoms. The summed E-state index contributed by atoms with van der Waals surface area (Å²) in [7, 11) is 0. The van der Waals surface area contributed by atoms with Gasteiger partial charge in [0.25, 0.3) is 0 Å². The van der Waals surface area contributed by atoms with Crippen molar-refractivity contribution >= 4 is 11.9 Å². The topological polar surface area (TPSA) is 52.6 Å². The Balaban J connectivity index is 1.88. The molecular weight excluding hydrogens is 304 g/mol. The Hall–Kier alpha value is -2.36. The van der Waals surface area contributed by atoms with Crippen molar-refractivity contribution in [2.24, 2.45) is 0 Å². The lowest BCUT2D eigenvalue weighted by Crippen LogP contribution is -2.24. The molecule has 2 rings (SSSR count). The molecule has 0 aromatic heterocycles. The zero-order valence-electron chi connectivity index (χ0n) is 14.3. The molecule has 0 amide bonds. The van der Waals surface area contributed by atoms with E-state index < -0.39 is 5.97 Å². The molecule has 0 N–H and O–H groups in total. The standard InChI is InChI=1S/C20H24O4/c1-13(2)19(21)23-17-9-5-15(6-10-17)16-7-11-18(12-8-16)24-20(22)14(3)4/h5-6,9-10,16,18H,1,3,7-8,11-12H2,2,4H3. The van der Waals surface area contributed by atoms with Crippen LogP contribution in [0.5, 0.6) is 5.75 Å². The smallest absolute Gasteiger partial charge is 0.338 e. The molecule has 0 radical (unpaired) electrons. The van der Waals surface area contributed by atoms with Crippen molar-refractivity contribution in [3.05, 3.63) is 54.1 Å². The average molecular weight is 328 g/mol. The minimum atomic E-state index is -0.414. The van der Waals surface area contributed by atoms with Gasteiger partial charge in [0.15, 0.2) is 0 Å². The summed E-state index contributed by atoms with van der Waals surface area (Å²) in [6.45, 7) is 10.5. The van der Waals surface area contributed by atoms with Gasteiger partial charge in [-0.25, -0.2) is 9.59 Å². The SMILES string of the molecule is C=C(C)C(=O)Oc1ccc(C2CCC(OC(=O)C(=C)C)CC2)cc1. The third-order valence-electron chi connectivity index (χ3n) is 4.21. The fourth-order valence-corrected chi connectivity index (χ4v) is 2.77. The quantitative estimate of drug-likeness (QED) is 0.459. The summed E-state index contributed by atoms with van der Waals surface area (Å²) < 4.78 is 10.6. The minimum absolute atomic E-state index is 0.0127. The number of rotatable bonds is 5. The second-order valence-corrected chi connectivity index (χ2v) is 6.40. The largest absolute Gasteiger partial charge is 0.459 e. The fourth-order valence-electron chi connectivity index (χ4n) is 2.77. The lowest BCUT2D eigenvalue weighted by molar-refractivity contribution is -0.145. The molecule has 4 nitrogen and oxygen atoms in total. The minimum Gasteiger partial charge on any atom is -0.459 e. The van der Waals surface area contributed by atoms with E-state index in [1.165, 1.54) is 5.56 Å². The maximum Gasteiger partial charge on any atom is 0.338 e. The van der Waals surface area contributed by atoms with Crippen molar-refractivity contribution in [2.45, 2.75) is 51.6 Å². The van der Waals surface area contributed by atoms with Crippen LogP contribution in [0.1, 0.15) is 51.0 Å². The first-order chi connectivity index (χ1) is 11.4. The summed E-state index contributed by atoms with van der Waals surface area (Å²) in [5.41, 5.74) is 2.04. The molecule has 1 aliphatic rings. The molecule has 0 spiro atoms. The number of benzene rings is 1. The third kappa shape index (κ3) is 4.82. The Labute approximate surface area is 143 Å². The summed E-state index contributed by atoms with van der Waals surface area (Å²) in [5.74, 6) is 0.246. The number of carbonyl (C=O) groups is 2. The summed E-state index contributed by atoms with van der Waals surface area (Å²) in [4.78, 5) is 23.1. The highest BCUT2D eigenvalue weighted by Gasteiger charge is 2.25. The van der Waals surface area contributed by atoms with Crippen LogP contribution in [0.4, 0.5) is 0 Å². The van der Waals surface area contributed by atoms with E-state index in [0.717, 1.165) is 25.7 Å². The predicted octanol–water partition coefficient (Wildman–Crippen LogP) is 4.31. The zero-order chi connectivity index (χ0) is 17.7. The van der Waals surface area contributed by atoms with Gasteiger partial charge in [0.2, 0.25) is 0 Å². The highest BCUT2D eigenvalue weighted by Crippen LogP contribution is 2.34. The van der Waals surface area contributed by atoms with Crippen LogP contribution in [0.3, 0.4) is 0 Å². The fraction of sp³-hybridized carbons (Fsp3) is 0.400. The summed E-state index contributed by atoms with van der Waals surface area (Å²) in [5, 5.41) is 0. The van der Waals surface area contributed by atoms with Gasteiger partial charge in [-0.15, -0.1) is 0 Å². The molecule has 128 valence electrons. The van der Waals surface area contributed by atoms with Crippen molar-refractivity contribution in [2.75, 3.05) is 0 Å². The zero-order valence-corrected chi connectivity index (χ0v) is 14.3. The molecule has 0 aliphatic heterocycles. The highest BCUT2D eigenvalue weighted by molar-refractivity contribution is 5.88. The monoisotopic (exact) mass is 328 g/mol. The Morgan fingerprint density at radius 3 is 1.96 bits per heavy atom. The Morgan fingerprint density at radius 1 is 0.917 bits per heavy atom. The van der Waals surface area contributed by atoms with Crippen molar-refractivity contribution < 1.29 is 19.1 Å². The molecule has 0 saturated heterocycles. The van der Waals surface area contributed by atoms with Crippen LogP contribution in [0.2, 0.25) is 0 Å². The average Bonchev–Trinajstić information content (AvgIpc) is 2.56. The van der Waals surface area contributed by atoms with Crippen LogP contribution in [-0.2, 0) is 14.3 Å². The molecule has 0 heterocycles. The van der Waals surface area contributed by atoms with Crippen LogP contribution in [-0.4, -0.2) is 18.0 Å². The molecule has 0 atom stereocenters. The molecule has 0 bridgehead atoms. The van der Waals surface area contributed by atoms with Gasteiger partial charge in [-0.2, -0.15) is 0 Å². The van der Waals surface area contributed by atoms with Crippen LogP contribution >= 0.6 is 0 Å². The molecular formula is C20H24O4. The summed E-state index contributed by atoms with van der Waals surface area (Å²) in [6, 6.07) is 7.60. The van der Waals surface area contributed by atoms with Gasteiger partial charge in [0, 0.05) is 11.1 Å². The van der Waals surface area contributed by atoms with Crippen molar-refractivity contribution in [3.63, 3.8) is 0 Å². The predicted molar refractivity (Wildman–Crippen MR) is 92.8 cm³/mol. The summed E-state index contributed by atoms with van der Waals surface area (Å²) in [6.07, 6.45) is 3.64. The van der Waals surface area contributed by atoms with Gasteiger partial charge in [-0.3, -0.25) is 0 Å². The Morgan fingerprint density at radius 2 is 1.46 bits per heavy atom. The molecule has 1 aromatic carbocycles. The van der Waals surface area contributed by atoms with E-state index >= 15 is 0 Å². The highest BCUT2D eigenvalue weighted by atomic mass is 16.5. The van der Waals surface area contributed by atoms with Gasteiger partial charge in [0.1, 0.15) is 11.9 Å². The van der Waals surface area contributed by atoms with Crippen LogP contribution < -0.4 is 4.74 Å². The van der Waals surface area contributed by atoms with E-state index in [1.807, 2.05) is 24.3 Å². The van der Waals surface area contributed by atoms with E-state index in [2.05, 4.69) is 13.2 Å². The molecule has 1 saturated carbocycles. The Kier molecular flexibility index (Phi) is 5.96. The number of hydrogen-bond acceptors (Lipinski definition) is 4. The number of ether oxygens (including phenoxy) is 2. The Bertz CT molecular complexity index is 634. The van der Waals surface area contributed by atoms with Crippen LogP contribution in [0.25, 0.3) is 0 Å². The van der Waals surface area contributed by atoms with Gasteiger partial charge < -0.3 is 9.47 Å². The maximum atomic E-state index is 11.6. The van der Waals surface area contributed by atoms with Gasteiger partial charge in [0.05, 0.1) is 0 Å². The van der Waals surface area contributed by atoms with Gasteiger partial charge in [-0.1, -0.05) is 25.3 Å². The van der Waals surface area contributed by atoms with E-state index in [-0.39, 0.29) is 12.1 Å². The van der Waals surface area contributed by atoms with Crippen molar-refractivity contribution in [1.29, 1.82) is 0 Å². The van der Waals surface area contributed by atoms with Gasteiger partial charge in [-0.05, 0) is 63.1 Å². The summed E-state index contributed by atoms with van der Waals surface area (Å²) >= 11 is 0. The normalized spacial score (nSPS) is 20.1. The molecule has 1 aromatic rings. The van der Waals surface area contributed by atoms with Crippen LogP contribution in [0.15, 0.2) is 48.6 Å². The second-order valence-electron chi connectivity index (χ2n) is 6.40. The maximum absolute atomic E-state index is 11.6. The molecule has 1 aliphatic carbocycles. The molecule has 0 unspecified atom stereocenters. The van der Waals surface area contributed by atoms with Gasteiger partial charge >= 0.3 is 11.9 Å². The number of carbonyl (C=O) groups excluding carboxylic acids is 2. The first-order valence-corrected chi connectivity index (χ1v) is 8.21. The van der Waals surface area contributed by atoms with Crippen LogP contribution in [0, 0.1) is 0 Å². The lowest BCUT2D eigenvalue weighted by Gasteiger charge is -2.28. The van der Waals surface area contributed by atoms with E-state index in [1.54, 1.807) is 13.8 Å². The van der Waals surface area contributed by atoms with E-state index in [4.69, 9.17) is 9.47 Å². The first kappa shape index (κ1) is 18.0. The number of hydrogen-bond donors (Lipinski definition) is 0. The van der Waals surface area contributed by atoms with Crippen molar-refractivity contribution in [3.8, 4) is 5.75 Å². The molecule has 1 fully saturated rings. The number of esters is 2. The second kappa shape index (κ2) is 7.95. The van der Waals surface area contributed by atoms with Crippen molar-refractivity contribution in [1.82, 2.24) is 0 Å². The van der Waals surface area contributed by atoms with E-state index in [0.29, 0.717) is 22.8 Å². The first-order valence-electron chi connectivity index (χ1n) is 8.21. The lowest BCUT2D eigenvalue weighted by atomic mass is 9.83. The third-order valence-corrected chi connectivity index (χ3v) is 4.21. The molecule has 4 heteroatoms. The van der Waals surface area contributed by atoms with E-state index in [9.17, 15) is 9.59 Å².